The second-order valence-electron chi connectivity index (χ2n) is 6.32. The van der Waals surface area contributed by atoms with E-state index in [4.69, 9.17) is 5.73 Å². The van der Waals surface area contributed by atoms with Crippen LogP contribution in [0.4, 0.5) is 33.7 Å². The molecule has 0 saturated heterocycles. The van der Waals surface area contributed by atoms with Gasteiger partial charge in [0.15, 0.2) is 6.29 Å². The lowest BCUT2D eigenvalue weighted by molar-refractivity contribution is -0.137. The lowest BCUT2D eigenvalue weighted by Crippen LogP contribution is -2.20. The first-order valence-corrected chi connectivity index (χ1v) is 8.61. The van der Waals surface area contributed by atoms with Gasteiger partial charge in [-0.3, -0.25) is 9.59 Å². The van der Waals surface area contributed by atoms with Gasteiger partial charge >= 0.3 is 12.2 Å². The van der Waals surface area contributed by atoms with Crippen molar-refractivity contribution in [1.29, 1.82) is 0 Å². The molecular weight excluding hydrogens is 420 g/mol. The Hall–Kier alpha value is -4.15. The number of amides is 3. The summed E-state index contributed by atoms with van der Waals surface area (Å²) >= 11 is 0. The standard InChI is InChI=1S/C20H14F4N4O3/c21-14-6-3-12(20(22,23)24)7-15(14)28-19(31)27-13-4-1-10(2-5-13)16-11(9-29)8-26-17(16)18(25)30/h1-9,26H,(H2,25,30)(H2,27,28,31). The number of hydrogen-bond acceptors (Lipinski definition) is 3. The Balaban J connectivity index is 1.77. The molecule has 2 aromatic carbocycles. The van der Waals surface area contributed by atoms with Crippen LogP contribution in [-0.4, -0.2) is 23.2 Å². The largest absolute Gasteiger partial charge is 0.416 e. The molecule has 3 rings (SSSR count). The summed E-state index contributed by atoms with van der Waals surface area (Å²) in [6.07, 6.45) is -2.83. The monoisotopic (exact) mass is 434 g/mol. The molecule has 5 N–H and O–H groups in total. The number of urea groups is 1. The quantitative estimate of drug-likeness (QED) is 0.352. The number of anilines is 2. The van der Waals surface area contributed by atoms with Crippen molar-refractivity contribution < 1.29 is 31.9 Å². The lowest BCUT2D eigenvalue weighted by atomic mass is 10.0. The number of aromatic nitrogens is 1. The number of carbonyl (C=O) groups excluding carboxylic acids is 3. The number of aldehydes is 1. The summed E-state index contributed by atoms with van der Waals surface area (Å²) in [7, 11) is 0. The van der Waals surface area contributed by atoms with Gasteiger partial charge in [0.2, 0.25) is 0 Å². The van der Waals surface area contributed by atoms with Crippen molar-refractivity contribution in [3.63, 3.8) is 0 Å². The number of benzene rings is 2. The molecule has 1 heterocycles. The van der Waals surface area contributed by atoms with Gasteiger partial charge in [0.05, 0.1) is 11.3 Å². The fourth-order valence-electron chi connectivity index (χ4n) is 2.84. The summed E-state index contributed by atoms with van der Waals surface area (Å²) in [6, 6.07) is 6.49. The number of carbonyl (C=O) groups is 3. The predicted molar refractivity (Wildman–Crippen MR) is 104 cm³/mol. The van der Waals surface area contributed by atoms with E-state index >= 15 is 0 Å². The molecule has 31 heavy (non-hydrogen) atoms. The second-order valence-corrected chi connectivity index (χ2v) is 6.32. The van der Waals surface area contributed by atoms with E-state index in [0.29, 0.717) is 30.0 Å². The average molecular weight is 434 g/mol. The normalized spacial score (nSPS) is 11.1. The molecule has 0 unspecified atom stereocenters. The van der Waals surface area contributed by atoms with Crippen LogP contribution in [0.1, 0.15) is 26.4 Å². The van der Waals surface area contributed by atoms with Gasteiger partial charge in [0.25, 0.3) is 5.91 Å². The molecule has 0 spiro atoms. The zero-order valence-electron chi connectivity index (χ0n) is 15.5. The molecular formula is C20H14F4N4O3. The van der Waals surface area contributed by atoms with Gasteiger partial charge < -0.3 is 21.4 Å². The average Bonchev–Trinajstić information content (AvgIpc) is 3.14. The highest BCUT2D eigenvalue weighted by Crippen LogP contribution is 2.32. The van der Waals surface area contributed by atoms with E-state index in [-0.39, 0.29) is 22.5 Å². The number of aromatic amines is 1. The SMILES string of the molecule is NC(=O)c1[nH]cc(C=O)c1-c1ccc(NC(=O)Nc2cc(C(F)(F)F)ccc2F)cc1. The maximum atomic E-state index is 13.8. The number of alkyl halides is 3. The number of rotatable bonds is 5. The Kier molecular flexibility index (Phi) is 5.77. The topological polar surface area (TPSA) is 117 Å². The Morgan fingerprint density at radius 2 is 1.71 bits per heavy atom. The molecule has 0 aliphatic heterocycles. The lowest BCUT2D eigenvalue weighted by Gasteiger charge is -2.12. The fourth-order valence-corrected chi connectivity index (χ4v) is 2.84. The van der Waals surface area contributed by atoms with Crippen molar-refractivity contribution in [2.75, 3.05) is 10.6 Å². The number of halogens is 4. The van der Waals surface area contributed by atoms with E-state index in [1.807, 2.05) is 5.32 Å². The van der Waals surface area contributed by atoms with E-state index in [2.05, 4.69) is 10.3 Å². The van der Waals surface area contributed by atoms with Crippen LogP contribution >= 0.6 is 0 Å². The minimum Gasteiger partial charge on any atom is -0.364 e. The highest BCUT2D eigenvalue weighted by Gasteiger charge is 2.31. The van der Waals surface area contributed by atoms with Gasteiger partial charge in [-0.15, -0.1) is 0 Å². The molecule has 160 valence electrons. The van der Waals surface area contributed by atoms with Gasteiger partial charge in [-0.1, -0.05) is 12.1 Å². The fraction of sp³-hybridized carbons (Fsp3) is 0.0500. The molecule has 0 aliphatic rings. The van der Waals surface area contributed by atoms with E-state index in [0.717, 1.165) is 0 Å². The minimum absolute atomic E-state index is 0.0283. The number of hydrogen-bond donors (Lipinski definition) is 4. The molecule has 0 fully saturated rings. The first-order valence-electron chi connectivity index (χ1n) is 8.61. The van der Waals surface area contributed by atoms with Crippen molar-refractivity contribution in [3.05, 3.63) is 71.3 Å². The molecule has 0 saturated carbocycles. The van der Waals surface area contributed by atoms with Crippen molar-refractivity contribution in [3.8, 4) is 11.1 Å². The number of primary amides is 1. The third kappa shape index (κ3) is 4.71. The van der Waals surface area contributed by atoms with Crippen LogP contribution in [0.2, 0.25) is 0 Å². The highest BCUT2D eigenvalue weighted by atomic mass is 19.4. The Bertz CT molecular complexity index is 1150. The van der Waals surface area contributed by atoms with Crippen LogP contribution in [0.3, 0.4) is 0 Å². The van der Waals surface area contributed by atoms with E-state index in [1.165, 1.54) is 30.5 Å². The van der Waals surface area contributed by atoms with Crippen molar-refractivity contribution >= 4 is 29.6 Å². The van der Waals surface area contributed by atoms with Crippen LogP contribution in [0.25, 0.3) is 11.1 Å². The van der Waals surface area contributed by atoms with Crippen LogP contribution in [0.15, 0.2) is 48.7 Å². The third-order valence-electron chi connectivity index (χ3n) is 4.26. The van der Waals surface area contributed by atoms with E-state index in [1.54, 1.807) is 0 Å². The van der Waals surface area contributed by atoms with E-state index < -0.39 is 35.2 Å². The van der Waals surface area contributed by atoms with Crippen molar-refractivity contribution in [2.24, 2.45) is 5.73 Å². The summed E-state index contributed by atoms with van der Waals surface area (Å²) < 4.78 is 52.1. The second kappa shape index (κ2) is 8.30. The van der Waals surface area contributed by atoms with Gasteiger partial charge in [0.1, 0.15) is 11.5 Å². The van der Waals surface area contributed by atoms with Crippen LogP contribution in [0, 0.1) is 5.82 Å². The maximum absolute atomic E-state index is 13.8. The molecule has 3 amide bonds. The Labute approximate surface area is 172 Å². The summed E-state index contributed by atoms with van der Waals surface area (Å²) in [5.74, 6) is -1.81. The van der Waals surface area contributed by atoms with Gasteiger partial charge in [-0.05, 0) is 35.9 Å². The third-order valence-corrected chi connectivity index (χ3v) is 4.26. The molecule has 3 aromatic rings. The summed E-state index contributed by atoms with van der Waals surface area (Å²) in [5, 5.41) is 4.37. The zero-order valence-corrected chi connectivity index (χ0v) is 15.5. The first kappa shape index (κ1) is 21.6. The zero-order chi connectivity index (χ0) is 22.8. The molecule has 0 bridgehead atoms. The van der Waals surface area contributed by atoms with Crippen molar-refractivity contribution in [2.45, 2.75) is 6.18 Å². The van der Waals surface area contributed by atoms with Gasteiger partial charge in [-0.25, -0.2) is 9.18 Å². The molecule has 11 heteroatoms. The van der Waals surface area contributed by atoms with Crippen LogP contribution in [0.5, 0.6) is 0 Å². The highest BCUT2D eigenvalue weighted by molar-refractivity contribution is 6.04. The van der Waals surface area contributed by atoms with Gasteiger partial charge in [-0.2, -0.15) is 13.2 Å². The molecule has 0 aliphatic carbocycles. The maximum Gasteiger partial charge on any atom is 0.416 e. The minimum atomic E-state index is -4.70. The smallest absolute Gasteiger partial charge is 0.364 e. The van der Waals surface area contributed by atoms with Gasteiger partial charge in [0, 0.05) is 23.0 Å². The Morgan fingerprint density at radius 1 is 1.03 bits per heavy atom. The predicted octanol–water partition coefficient (Wildman–Crippen LogP) is 4.40. The molecule has 0 radical (unpaired) electrons. The summed E-state index contributed by atoms with van der Waals surface area (Å²) in [5.41, 5.74) is 4.71. The molecule has 1 aromatic heterocycles. The van der Waals surface area contributed by atoms with Crippen LogP contribution < -0.4 is 16.4 Å². The molecule has 7 nitrogen and oxygen atoms in total. The number of H-pyrrole nitrogens is 1. The summed E-state index contributed by atoms with van der Waals surface area (Å²) in [6.45, 7) is 0. The van der Waals surface area contributed by atoms with Crippen molar-refractivity contribution in [1.82, 2.24) is 4.98 Å². The Morgan fingerprint density at radius 3 is 2.29 bits per heavy atom. The number of nitrogens with two attached hydrogens (primary N) is 1. The number of nitrogens with one attached hydrogen (secondary N) is 3. The summed E-state index contributed by atoms with van der Waals surface area (Å²) in [4.78, 5) is 37.4. The van der Waals surface area contributed by atoms with E-state index in [9.17, 15) is 31.9 Å². The van der Waals surface area contributed by atoms with Crippen LogP contribution in [-0.2, 0) is 6.18 Å². The first-order chi connectivity index (χ1) is 14.6. The molecule has 0 atom stereocenters.